The molecule has 0 saturated heterocycles. The van der Waals surface area contributed by atoms with Crippen LogP contribution in [0.3, 0.4) is 0 Å². The fourth-order valence-corrected chi connectivity index (χ4v) is 2.44. The summed E-state index contributed by atoms with van der Waals surface area (Å²) in [5.41, 5.74) is 2.81. The van der Waals surface area contributed by atoms with Gasteiger partial charge >= 0.3 is 5.97 Å². The summed E-state index contributed by atoms with van der Waals surface area (Å²) in [6, 6.07) is 14.7. The van der Waals surface area contributed by atoms with E-state index in [0.29, 0.717) is 29.0 Å². The van der Waals surface area contributed by atoms with E-state index in [2.05, 4.69) is 20.8 Å². The van der Waals surface area contributed by atoms with E-state index in [-0.39, 0.29) is 5.41 Å². The van der Waals surface area contributed by atoms with E-state index in [1.54, 1.807) is 30.3 Å². The van der Waals surface area contributed by atoms with Gasteiger partial charge in [0.05, 0.1) is 5.56 Å². The third kappa shape index (κ3) is 4.31. The highest BCUT2D eigenvalue weighted by Gasteiger charge is 2.19. The van der Waals surface area contributed by atoms with Gasteiger partial charge in [0, 0.05) is 11.3 Å². The van der Waals surface area contributed by atoms with Gasteiger partial charge in [-0.25, -0.2) is 4.79 Å². The lowest BCUT2D eigenvalue weighted by molar-refractivity contribution is 0.0734. The Kier molecular flexibility index (Phi) is 5.55. The van der Waals surface area contributed by atoms with Crippen LogP contribution in [0.4, 0.5) is 0 Å². The molecule has 0 fully saturated rings. The minimum atomic E-state index is -0.398. The summed E-state index contributed by atoms with van der Waals surface area (Å²) in [4.78, 5) is 12.3. The minimum Gasteiger partial charge on any atom is -0.422 e. The van der Waals surface area contributed by atoms with Crippen molar-refractivity contribution >= 4 is 11.7 Å². The summed E-state index contributed by atoms with van der Waals surface area (Å²) < 4.78 is 5.59. The Bertz CT molecular complexity index is 727. The number of hydrogen-bond acceptors (Lipinski definition) is 3. The summed E-state index contributed by atoms with van der Waals surface area (Å²) in [5, 5.41) is 8.33. The van der Waals surface area contributed by atoms with Gasteiger partial charge in [0.1, 0.15) is 5.75 Å². The van der Waals surface area contributed by atoms with Crippen LogP contribution < -0.4 is 4.74 Å². The Balaban J connectivity index is 2.38. The lowest BCUT2D eigenvalue weighted by Gasteiger charge is -2.21. The second kappa shape index (κ2) is 7.43. The van der Waals surface area contributed by atoms with Gasteiger partial charge in [-0.1, -0.05) is 58.4 Å². The number of benzene rings is 2. The second-order valence-electron chi connectivity index (χ2n) is 6.95. The lowest BCUT2D eigenvalue weighted by atomic mass is 9.85. The van der Waals surface area contributed by atoms with Crippen LogP contribution in [-0.2, 0) is 5.41 Å². The fourth-order valence-electron chi connectivity index (χ4n) is 2.44. The molecule has 0 aliphatic rings. The van der Waals surface area contributed by atoms with E-state index in [1.807, 2.05) is 25.1 Å². The third-order valence-electron chi connectivity index (χ3n) is 3.88. The minimum absolute atomic E-state index is 0.0246. The molecule has 126 valence electrons. The zero-order chi connectivity index (χ0) is 17.7. The maximum atomic E-state index is 12.3. The van der Waals surface area contributed by atoms with Gasteiger partial charge < -0.3 is 10.1 Å². The summed E-state index contributed by atoms with van der Waals surface area (Å²) in [6.07, 6.45) is 1.54. The van der Waals surface area contributed by atoms with Gasteiger partial charge in [-0.2, -0.15) is 0 Å². The van der Waals surface area contributed by atoms with Crippen LogP contribution >= 0.6 is 0 Å². The molecule has 0 atom stereocenters. The Morgan fingerprint density at radius 1 is 1.08 bits per heavy atom. The van der Waals surface area contributed by atoms with Gasteiger partial charge in [0.15, 0.2) is 0 Å². The van der Waals surface area contributed by atoms with Gasteiger partial charge in [-0.15, -0.1) is 0 Å². The molecule has 2 aromatic carbocycles. The van der Waals surface area contributed by atoms with E-state index in [9.17, 15) is 4.79 Å². The number of carbonyl (C=O) groups excluding carboxylic acids is 1. The average molecular weight is 323 g/mol. The Hall–Kier alpha value is -2.42. The summed E-state index contributed by atoms with van der Waals surface area (Å²) >= 11 is 0. The Morgan fingerprint density at radius 3 is 2.33 bits per heavy atom. The van der Waals surface area contributed by atoms with E-state index in [1.165, 1.54) is 0 Å². The molecule has 0 aliphatic heterocycles. The number of ether oxygens (including phenoxy) is 1. The van der Waals surface area contributed by atoms with Crippen LogP contribution in [0.25, 0.3) is 0 Å². The summed E-state index contributed by atoms with van der Waals surface area (Å²) in [5.74, 6) is 0.0555. The highest BCUT2D eigenvalue weighted by atomic mass is 16.5. The summed E-state index contributed by atoms with van der Waals surface area (Å²) in [6.45, 7) is 8.43. The first-order valence-corrected chi connectivity index (χ1v) is 8.32. The number of carbonyl (C=O) groups is 1. The molecule has 3 heteroatoms. The SMILES string of the molecule is CCCC(=N)c1cc(C(C)(C)C)ccc1OC(=O)c1ccccc1. The molecule has 0 aromatic heterocycles. The van der Waals surface area contributed by atoms with E-state index < -0.39 is 5.97 Å². The van der Waals surface area contributed by atoms with Crippen molar-refractivity contribution in [3.8, 4) is 5.75 Å². The van der Waals surface area contributed by atoms with E-state index in [4.69, 9.17) is 10.1 Å². The van der Waals surface area contributed by atoms with Crippen LogP contribution in [0.15, 0.2) is 48.5 Å². The molecule has 2 aromatic rings. The number of nitrogens with one attached hydrogen (secondary N) is 1. The fraction of sp³-hybridized carbons (Fsp3) is 0.333. The topological polar surface area (TPSA) is 50.1 Å². The molecule has 0 amide bonds. The number of hydrogen-bond donors (Lipinski definition) is 1. The number of esters is 1. The predicted molar refractivity (Wildman–Crippen MR) is 98.3 cm³/mol. The van der Waals surface area contributed by atoms with Crippen molar-refractivity contribution in [3.05, 3.63) is 65.2 Å². The van der Waals surface area contributed by atoms with Gasteiger partial charge in [0.25, 0.3) is 0 Å². The van der Waals surface area contributed by atoms with Gasteiger partial charge in [-0.3, -0.25) is 0 Å². The van der Waals surface area contributed by atoms with Crippen molar-refractivity contribution in [3.63, 3.8) is 0 Å². The monoisotopic (exact) mass is 323 g/mol. The average Bonchev–Trinajstić information content (AvgIpc) is 2.55. The zero-order valence-corrected chi connectivity index (χ0v) is 14.8. The smallest absolute Gasteiger partial charge is 0.343 e. The van der Waals surface area contributed by atoms with Crippen molar-refractivity contribution < 1.29 is 9.53 Å². The zero-order valence-electron chi connectivity index (χ0n) is 14.8. The molecule has 0 unspecified atom stereocenters. The van der Waals surface area contributed by atoms with Crippen LogP contribution in [-0.4, -0.2) is 11.7 Å². The van der Waals surface area contributed by atoms with E-state index in [0.717, 1.165) is 12.0 Å². The molecule has 0 aliphatic carbocycles. The second-order valence-corrected chi connectivity index (χ2v) is 6.95. The lowest BCUT2D eigenvalue weighted by Crippen LogP contribution is -2.15. The van der Waals surface area contributed by atoms with Crippen LogP contribution in [0.2, 0.25) is 0 Å². The molecule has 0 saturated carbocycles. The maximum Gasteiger partial charge on any atom is 0.343 e. The molecule has 3 nitrogen and oxygen atoms in total. The highest BCUT2D eigenvalue weighted by Crippen LogP contribution is 2.29. The third-order valence-corrected chi connectivity index (χ3v) is 3.88. The molecule has 1 N–H and O–H groups in total. The molecular weight excluding hydrogens is 298 g/mol. The molecule has 2 rings (SSSR count). The normalized spacial score (nSPS) is 11.2. The molecule has 0 bridgehead atoms. The predicted octanol–water partition coefficient (Wildman–Crippen LogP) is 5.37. The maximum absolute atomic E-state index is 12.3. The first kappa shape index (κ1) is 17.9. The number of rotatable bonds is 5. The van der Waals surface area contributed by atoms with Crippen LogP contribution in [0.5, 0.6) is 5.75 Å². The molecule has 0 spiro atoms. The quantitative estimate of drug-likeness (QED) is 0.457. The molecule has 24 heavy (non-hydrogen) atoms. The van der Waals surface area contributed by atoms with Gasteiger partial charge in [0.2, 0.25) is 0 Å². The summed E-state index contributed by atoms with van der Waals surface area (Å²) in [7, 11) is 0. The Morgan fingerprint density at radius 2 is 1.75 bits per heavy atom. The molecule has 0 radical (unpaired) electrons. The van der Waals surface area contributed by atoms with Crippen molar-refractivity contribution in [1.82, 2.24) is 0 Å². The standard InChI is InChI=1S/C21H25NO2/c1-5-9-18(22)17-14-16(21(2,3)4)12-13-19(17)24-20(23)15-10-7-6-8-11-15/h6-8,10-14,22H,5,9H2,1-4H3. The van der Waals surface area contributed by atoms with Crippen LogP contribution in [0.1, 0.15) is 62.0 Å². The van der Waals surface area contributed by atoms with E-state index >= 15 is 0 Å². The van der Waals surface area contributed by atoms with Crippen molar-refractivity contribution in [2.75, 3.05) is 0 Å². The van der Waals surface area contributed by atoms with Crippen LogP contribution in [0, 0.1) is 5.41 Å². The first-order chi connectivity index (χ1) is 11.3. The van der Waals surface area contributed by atoms with Crippen molar-refractivity contribution in [2.45, 2.75) is 46.0 Å². The van der Waals surface area contributed by atoms with Crippen molar-refractivity contribution in [2.24, 2.45) is 0 Å². The molecular formula is C21H25NO2. The van der Waals surface area contributed by atoms with Crippen molar-refractivity contribution in [1.29, 1.82) is 5.41 Å². The highest BCUT2D eigenvalue weighted by molar-refractivity contribution is 6.02. The largest absolute Gasteiger partial charge is 0.422 e. The van der Waals surface area contributed by atoms with Gasteiger partial charge in [-0.05, 0) is 41.7 Å². The first-order valence-electron chi connectivity index (χ1n) is 8.32. The molecule has 0 heterocycles. The Labute approximate surface area is 144 Å².